The third-order valence-electron chi connectivity index (χ3n) is 5.16. The van der Waals surface area contributed by atoms with Crippen LogP contribution in [0, 0.1) is 0 Å². The molecule has 2 atom stereocenters. The van der Waals surface area contributed by atoms with Gasteiger partial charge >= 0.3 is 0 Å². The van der Waals surface area contributed by atoms with Gasteiger partial charge in [0.1, 0.15) is 23.9 Å². The number of H-pyrrole nitrogens is 1. The summed E-state index contributed by atoms with van der Waals surface area (Å²) in [6, 6.07) is 7.89. The number of aromatic amines is 1. The van der Waals surface area contributed by atoms with Crippen LogP contribution < -0.4 is 9.47 Å². The predicted octanol–water partition coefficient (Wildman–Crippen LogP) is 2.53. The Balaban J connectivity index is 1.37. The van der Waals surface area contributed by atoms with Gasteiger partial charge in [-0.1, -0.05) is 6.07 Å². The summed E-state index contributed by atoms with van der Waals surface area (Å²) in [5, 5.41) is 7.56. The standard InChI is InChI=1S/C19H26N4O3/c1-24-14-4-3-5-15(10-14)26-9-8-23-12-16(25-2)11-17(23)19-20-18(21-22-19)13-6-7-13/h3-5,10,13,16-17H,6-9,11-12H2,1-2H3,(H,20,21,22)/t16-,17+/m1/s1. The zero-order valence-electron chi connectivity index (χ0n) is 15.4. The Bertz CT molecular complexity index is 731. The zero-order chi connectivity index (χ0) is 17.9. The summed E-state index contributed by atoms with van der Waals surface area (Å²) in [7, 11) is 3.43. The van der Waals surface area contributed by atoms with Crippen LogP contribution in [0.15, 0.2) is 24.3 Å². The lowest BCUT2D eigenvalue weighted by Crippen LogP contribution is -2.30. The highest BCUT2D eigenvalue weighted by molar-refractivity contribution is 5.32. The Kier molecular flexibility index (Phi) is 5.08. The van der Waals surface area contributed by atoms with E-state index in [1.165, 1.54) is 12.8 Å². The fourth-order valence-corrected chi connectivity index (χ4v) is 3.50. The van der Waals surface area contributed by atoms with Crippen LogP contribution >= 0.6 is 0 Å². The van der Waals surface area contributed by atoms with Crippen molar-refractivity contribution < 1.29 is 14.2 Å². The van der Waals surface area contributed by atoms with E-state index >= 15 is 0 Å². The molecule has 1 aromatic heterocycles. The van der Waals surface area contributed by atoms with E-state index in [-0.39, 0.29) is 12.1 Å². The third-order valence-corrected chi connectivity index (χ3v) is 5.16. The minimum atomic E-state index is 0.203. The smallest absolute Gasteiger partial charge is 0.153 e. The number of hydrogen-bond acceptors (Lipinski definition) is 6. The lowest BCUT2D eigenvalue weighted by Gasteiger charge is -2.22. The molecule has 2 fully saturated rings. The Morgan fingerprint density at radius 3 is 2.85 bits per heavy atom. The highest BCUT2D eigenvalue weighted by Gasteiger charge is 2.36. The van der Waals surface area contributed by atoms with Gasteiger partial charge < -0.3 is 14.2 Å². The van der Waals surface area contributed by atoms with Gasteiger partial charge in [-0.25, -0.2) is 4.98 Å². The SMILES string of the molecule is COc1cccc(OCCN2C[C@H](OC)C[C@H]2c2nc(C3CC3)n[nH]2)c1. The van der Waals surface area contributed by atoms with Gasteiger partial charge in [-0.2, -0.15) is 5.10 Å². The number of methoxy groups -OCH3 is 2. The van der Waals surface area contributed by atoms with Crippen LogP contribution in [0.4, 0.5) is 0 Å². The minimum Gasteiger partial charge on any atom is -0.497 e. The number of hydrogen-bond donors (Lipinski definition) is 1. The molecule has 1 saturated heterocycles. The molecule has 140 valence electrons. The maximum absolute atomic E-state index is 5.91. The van der Waals surface area contributed by atoms with E-state index in [2.05, 4.69) is 15.1 Å². The van der Waals surface area contributed by atoms with E-state index in [1.54, 1.807) is 14.2 Å². The van der Waals surface area contributed by atoms with Crippen molar-refractivity contribution in [2.75, 3.05) is 33.9 Å². The van der Waals surface area contributed by atoms with Crippen molar-refractivity contribution in [3.05, 3.63) is 35.9 Å². The molecule has 0 radical (unpaired) electrons. The number of likely N-dealkylation sites (tertiary alicyclic amines) is 1. The van der Waals surface area contributed by atoms with Crippen LogP contribution in [0.5, 0.6) is 11.5 Å². The molecule has 7 nitrogen and oxygen atoms in total. The van der Waals surface area contributed by atoms with Gasteiger partial charge in [0.25, 0.3) is 0 Å². The zero-order valence-corrected chi connectivity index (χ0v) is 15.4. The second-order valence-electron chi connectivity index (χ2n) is 6.98. The highest BCUT2D eigenvalue weighted by Crippen LogP contribution is 2.39. The molecule has 4 rings (SSSR count). The van der Waals surface area contributed by atoms with Crippen molar-refractivity contribution in [3.63, 3.8) is 0 Å². The molecular weight excluding hydrogens is 332 g/mol. The number of nitrogens with zero attached hydrogens (tertiary/aromatic N) is 3. The van der Waals surface area contributed by atoms with Gasteiger partial charge in [-0.15, -0.1) is 0 Å². The molecule has 2 aromatic rings. The molecule has 0 amide bonds. The largest absolute Gasteiger partial charge is 0.497 e. The summed E-state index contributed by atoms with van der Waals surface area (Å²) in [5.41, 5.74) is 0. The van der Waals surface area contributed by atoms with Crippen molar-refractivity contribution in [1.29, 1.82) is 0 Å². The molecule has 0 spiro atoms. The molecule has 1 aromatic carbocycles. The van der Waals surface area contributed by atoms with Crippen LogP contribution in [0.2, 0.25) is 0 Å². The van der Waals surface area contributed by atoms with E-state index < -0.39 is 0 Å². The monoisotopic (exact) mass is 358 g/mol. The van der Waals surface area contributed by atoms with Gasteiger partial charge in [-0.05, 0) is 31.4 Å². The van der Waals surface area contributed by atoms with Crippen LogP contribution in [-0.4, -0.2) is 60.1 Å². The summed E-state index contributed by atoms with van der Waals surface area (Å²) in [6.45, 7) is 2.28. The minimum absolute atomic E-state index is 0.203. The predicted molar refractivity (Wildman–Crippen MR) is 96.6 cm³/mol. The molecular formula is C19H26N4O3. The summed E-state index contributed by atoms with van der Waals surface area (Å²) >= 11 is 0. The number of aromatic nitrogens is 3. The number of benzene rings is 1. The van der Waals surface area contributed by atoms with Gasteiger partial charge in [-0.3, -0.25) is 10.00 Å². The number of nitrogens with one attached hydrogen (secondary N) is 1. The molecule has 26 heavy (non-hydrogen) atoms. The second kappa shape index (κ2) is 7.63. The second-order valence-corrected chi connectivity index (χ2v) is 6.98. The molecule has 1 saturated carbocycles. The molecule has 0 unspecified atom stereocenters. The topological polar surface area (TPSA) is 72.5 Å². The summed E-state index contributed by atoms with van der Waals surface area (Å²) in [5.74, 6) is 4.10. The van der Waals surface area contributed by atoms with Crippen molar-refractivity contribution >= 4 is 0 Å². The molecule has 1 aliphatic heterocycles. The molecule has 0 bridgehead atoms. The Morgan fingerprint density at radius 1 is 1.23 bits per heavy atom. The quantitative estimate of drug-likeness (QED) is 0.782. The lowest BCUT2D eigenvalue weighted by molar-refractivity contribution is 0.105. The maximum Gasteiger partial charge on any atom is 0.153 e. The first-order valence-electron chi connectivity index (χ1n) is 9.22. The third kappa shape index (κ3) is 3.83. The van der Waals surface area contributed by atoms with Crippen molar-refractivity contribution in [1.82, 2.24) is 20.1 Å². The summed E-state index contributed by atoms with van der Waals surface area (Å²) < 4.78 is 16.7. The average molecular weight is 358 g/mol. The van der Waals surface area contributed by atoms with E-state index in [0.29, 0.717) is 12.5 Å². The van der Waals surface area contributed by atoms with Crippen LogP contribution in [0.3, 0.4) is 0 Å². The van der Waals surface area contributed by atoms with Crippen LogP contribution in [-0.2, 0) is 4.74 Å². The Labute approximate surface area is 153 Å². The van der Waals surface area contributed by atoms with Gasteiger partial charge in [0.05, 0.1) is 19.3 Å². The summed E-state index contributed by atoms with van der Waals surface area (Å²) in [6.07, 6.45) is 3.56. The maximum atomic E-state index is 5.91. The molecule has 7 heteroatoms. The fourth-order valence-electron chi connectivity index (χ4n) is 3.50. The lowest BCUT2D eigenvalue weighted by atomic mass is 10.2. The van der Waals surface area contributed by atoms with E-state index in [9.17, 15) is 0 Å². The average Bonchev–Trinajstić information content (AvgIpc) is 3.26. The van der Waals surface area contributed by atoms with Crippen molar-refractivity contribution in [2.45, 2.75) is 37.3 Å². The molecule has 1 aliphatic carbocycles. The first kappa shape index (κ1) is 17.3. The summed E-state index contributed by atoms with van der Waals surface area (Å²) in [4.78, 5) is 7.11. The fraction of sp³-hybridized carbons (Fsp3) is 0.579. The highest BCUT2D eigenvalue weighted by atomic mass is 16.5. The normalized spacial score (nSPS) is 23.3. The number of rotatable bonds is 8. The Morgan fingerprint density at radius 2 is 2.08 bits per heavy atom. The van der Waals surface area contributed by atoms with Gasteiger partial charge in [0.15, 0.2) is 5.82 Å². The first-order chi connectivity index (χ1) is 12.8. The molecule has 2 heterocycles. The first-order valence-corrected chi connectivity index (χ1v) is 9.22. The van der Waals surface area contributed by atoms with Gasteiger partial charge in [0, 0.05) is 32.2 Å². The van der Waals surface area contributed by atoms with Crippen LogP contribution in [0.25, 0.3) is 0 Å². The van der Waals surface area contributed by atoms with E-state index in [4.69, 9.17) is 19.2 Å². The molecule has 2 aliphatic rings. The Hall–Kier alpha value is -2.12. The number of ether oxygens (including phenoxy) is 3. The van der Waals surface area contributed by atoms with E-state index in [1.807, 2.05) is 24.3 Å². The van der Waals surface area contributed by atoms with Gasteiger partial charge in [0.2, 0.25) is 0 Å². The van der Waals surface area contributed by atoms with E-state index in [0.717, 1.165) is 42.7 Å². The van der Waals surface area contributed by atoms with Crippen molar-refractivity contribution in [3.8, 4) is 11.5 Å². The van der Waals surface area contributed by atoms with Crippen LogP contribution in [0.1, 0.15) is 42.9 Å². The van der Waals surface area contributed by atoms with Crippen molar-refractivity contribution in [2.24, 2.45) is 0 Å². The molecule has 1 N–H and O–H groups in total.